The Bertz CT molecular complexity index is 920. The summed E-state index contributed by atoms with van der Waals surface area (Å²) >= 11 is 0. The highest BCUT2D eigenvalue weighted by Crippen LogP contribution is 2.32. The number of nitrogens with zero attached hydrogens (tertiary/aromatic N) is 5. The Morgan fingerprint density at radius 1 is 1.19 bits per heavy atom. The van der Waals surface area contributed by atoms with Gasteiger partial charge in [0, 0.05) is 36.6 Å². The predicted octanol–water partition coefficient (Wildman–Crippen LogP) is 4.01. The molecule has 4 rings (SSSR count). The monoisotopic (exact) mass is 349 g/mol. The van der Waals surface area contributed by atoms with Crippen LogP contribution in [0.25, 0.3) is 11.3 Å². The maximum absolute atomic E-state index is 4.64. The van der Waals surface area contributed by atoms with Crippen molar-refractivity contribution < 1.29 is 0 Å². The number of hydrogen-bond acceptors (Lipinski definition) is 3. The van der Waals surface area contributed by atoms with Crippen LogP contribution in [0.15, 0.2) is 36.8 Å². The van der Waals surface area contributed by atoms with Gasteiger partial charge in [-0.2, -0.15) is 5.10 Å². The lowest BCUT2D eigenvalue weighted by atomic mass is 10.1. The first-order chi connectivity index (χ1) is 12.6. The van der Waals surface area contributed by atoms with Gasteiger partial charge in [-0.25, -0.2) is 4.98 Å². The van der Waals surface area contributed by atoms with Crippen LogP contribution in [-0.2, 0) is 13.0 Å². The molecule has 26 heavy (non-hydrogen) atoms. The van der Waals surface area contributed by atoms with E-state index >= 15 is 0 Å². The zero-order chi connectivity index (χ0) is 18.3. The van der Waals surface area contributed by atoms with Gasteiger partial charge < -0.3 is 9.47 Å². The molecular weight excluding hydrogens is 322 g/mol. The molecule has 3 aromatic rings. The van der Waals surface area contributed by atoms with Crippen LogP contribution >= 0.6 is 0 Å². The standard InChI is InChI=1S/C21H27N5/c1-5-24-9-8-19-11-18(6-7-20(19)24)21-12-22-14-25(21)13-17(4)26-16(3)10-15(2)23-26/h6-7,10-12,14,17H,5,8-9,13H2,1-4H3. The molecule has 2 aromatic heterocycles. The Kier molecular flexibility index (Phi) is 4.31. The quantitative estimate of drug-likeness (QED) is 0.699. The fraction of sp³-hybridized carbons (Fsp3) is 0.429. The van der Waals surface area contributed by atoms with E-state index in [2.05, 4.69) is 69.3 Å². The summed E-state index contributed by atoms with van der Waals surface area (Å²) in [4.78, 5) is 6.87. The normalized spacial score (nSPS) is 14.7. The highest BCUT2D eigenvalue weighted by Gasteiger charge is 2.19. The van der Waals surface area contributed by atoms with Gasteiger partial charge in [-0.1, -0.05) is 6.07 Å². The Morgan fingerprint density at radius 2 is 2.04 bits per heavy atom. The van der Waals surface area contributed by atoms with E-state index in [9.17, 15) is 0 Å². The van der Waals surface area contributed by atoms with E-state index in [0.717, 1.165) is 31.7 Å². The third-order valence-corrected chi connectivity index (χ3v) is 5.38. The van der Waals surface area contributed by atoms with Crippen molar-refractivity contribution in [3.63, 3.8) is 0 Å². The van der Waals surface area contributed by atoms with Crippen LogP contribution in [0.3, 0.4) is 0 Å². The van der Waals surface area contributed by atoms with E-state index < -0.39 is 0 Å². The number of anilines is 1. The molecule has 3 heterocycles. The molecule has 1 aromatic carbocycles. The Hall–Kier alpha value is -2.56. The summed E-state index contributed by atoms with van der Waals surface area (Å²) in [5, 5.41) is 4.64. The van der Waals surface area contributed by atoms with Gasteiger partial charge in [0.25, 0.3) is 0 Å². The molecule has 1 aliphatic heterocycles. The van der Waals surface area contributed by atoms with Gasteiger partial charge in [0.2, 0.25) is 0 Å². The fourth-order valence-electron chi connectivity index (χ4n) is 4.12. The number of aryl methyl sites for hydroxylation is 2. The summed E-state index contributed by atoms with van der Waals surface area (Å²) < 4.78 is 4.36. The van der Waals surface area contributed by atoms with Gasteiger partial charge in [0.1, 0.15) is 0 Å². The minimum absolute atomic E-state index is 0.279. The van der Waals surface area contributed by atoms with Crippen molar-refractivity contribution in [3.05, 3.63) is 53.7 Å². The molecule has 1 atom stereocenters. The second-order valence-corrected chi connectivity index (χ2v) is 7.33. The summed E-state index contributed by atoms with van der Waals surface area (Å²) in [5.41, 5.74) is 7.53. The third-order valence-electron chi connectivity index (χ3n) is 5.38. The summed E-state index contributed by atoms with van der Waals surface area (Å²) in [6.07, 6.45) is 5.04. The van der Waals surface area contributed by atoms with Crippen LogP contribution in [0.5, 0.6) is 0 Å². The van der Waals surface area contributed by atoms with E-state index in [1.807, 2.05) is 19.4 Å². The average molecular weight is 349 g/mol. The molecule has 0 saturated heterocycles. The van der Waals surface area contributed by atoms with E-state index in [0.29, 0.717) is 0 Å². The summed E-state index contributed by atoms with van der Waals surface area (Å²) in [5.74, 6) is 0. The molecular formula is C21H27N5. The first-order valence-electron chi connectivity index (χ1n) is 9.48. The van der Waals surface area contributed by atoms with Crippen LogP contribution in [0.4, 0.5) is 5.69 Å². The van der Waals surface area contributed by atoms with Crippen LogP contribution in [-0.4, -0.2) is 32.4 Å². The molecule has 0 radical (unpaired) electrons. The Labute approximate surface area is 155 Å². The average Bonchev–Trinajstić information content (AvgIpc) is 3.32. The number of rotatable bonds is 5. The second-order valence-electron chi connectivity index (χ2n) is 7.33. The number of hydrogen-bond donors (Lipinski definition) is 0. The zero-order valence-electron chi connectivity index (χ0n) is 16.1. The minimum Gasteiger partial charge on any atom is -0.371 e. The first-order valence-corrected chi connectivity index (χ1v) is 9.48. The molecule has 0 bridgehead atoms. The Morgan fingerprint density at radius 3 is 2.77 bits per heavy atom. The SMILES string of the molecule is CCN1CCc2cc(-c3cncn3CC(C)n3nc(C)cc3C)ccc21. The maximum atomic E-state index is 4.64. The van der Waals surface area contributed by atoms with Crippen molar-refractivity contribution >= 4 is 5.69 Å². The van der Waals surface area contributed by atoms with Crippen LogP contribution in [0, 0.1) is 13.8 Å². The number of likely N-dealkylation sites (N-methyl/N-ethyl adjacent to an activating group) is 1. The lowest BCUT2D eigenvalue weighted by Gasteiger charge is -2.18. The molecule has 0 spiro atoms. The van der Waals surface area contributed by atoms with Crippen LogP contribution in [0.2, 0.25) is 0 Å². The van der Waals surface area contributed by atoms with Crippen molar-refractivity contribution in [1.29, 1.82) is 0 Å². The first kappa shape index (κ1) is 16.9. The van der Waals surface area contributed by atoms with Crippen LogP contribution < -0.4 is 4.90 Å². The van der Waals surface area contributed by atoms with E-state index in [4.69, 9.17) is 0 Å². The lowest BCUT2D eigenvalue weighted by Crippen LogP contribution is -2.19. The molecule has 1 aliphatic rings. The third kappa shape index (κ3) is 2.91. The largest absolute Gasteiger partial charge is 0.371 e. The topological polar surface area (TPSA) is 38.9 Å². The summed E-state index contributed by atoms with van der Waals surface area (Å²) in [6, 6.07) is 9.25. The minimum atomic E-state index is 0.279. The van der Waals surface area contributed by atoms with Gasteiger partial charge in [-0.3, -0.25) is 4.68 Å². The van der Waals surface area contributed by atoms with Crippen molar-refractivity contribution in [2.45, 2.75) is 46.7 Å². The predicted molar refractivity (Wildman–Crippen MR) is 106 cm³/mol. The number of benzene rings is 1. The number of aromatic nitrogens is 4. The van der Waals surface area contributed by atoms with E-state index in [1.165, 1.54) is 28.2 Å². The molecule has 5 heteroatoms. The summed E-state index contributed by atoms with van der Waals surface area (Å²) in [7, 11) is 0. The van der Waals surface area contributed by atoms with Gasteiger partial charge in [0.15, 0.2) is 0 Å². The molecule has 0 N–H and O–H groups in total. The van der Waals surface area contributed by atoms with Crippen molar-refractivity contribution in [2.75, 3.05) is 18.0 Å². The van der Waals surface area contributed by atoms with Crippen molar-refractivity contribution in [2.24, 2.45) is 0 Å². The van der Waals surface area contributed by atoms with Gasteiger partial charge >= 0.3 is 0 Å². The molecule has 0 saturated carbocycles. The van der Waals surface area contributed by atoms with Crippen molar-refractivity contribution in [1.82, 2.24) is 19.3 Å². The maximum Gasteiger partial charge on any atom is 0.0951 e. The fourth-order valence-corrected chi connectivity index (χ4v) is 4.12. The molecule has 0 fully saturated rings. The van der Waals surface area contributed by atoms with Gasteiger partial charge in [0.05, 0.1) is 30.0 Å². The zero-order valence-corrected chi connectivity index (χ0v) is 16.1. The number of imidazole rings is 1. The molecule has 136 valence electrons. The molecule has 0 amide bonds. The lowest BCUT2D eigenvalue weighted by molar-refractivity contribution is 0.418. The second kappa shape index (κ2) is 6.63. The van der Waals surface area contributed by atoms with Crippen molar-refractivity contribution in [3.8, 4) is 11.3 Å². The van der Waals surface area contributed by atoms with E-state index in [1.54, 1.807) is 0 Å². The molecule has 0 aliphatic carbocycles. The molecule has 5 nitrogen and oxygen atoms in total. The smallest absolute Gasteiger partial charge is 0.0951 e. The Balaban J connectivity index is 1.61. The highest BCUT2D eigenvalue weighted by molar-refractivity contribution is 5.68. The summed E-state index contributed by atoms with van der Waals surface area (Å²) in [6.45, 7) is 11.7. The highest BCUT2D eigenvalue weighted by atomic mass is 15.3. The number of fused-ring (bicyclic) bond motifs is 1. The van der Waals surface area contributed by atoms with Gasteiger partial charge in [-0.05, 0) is 57.9 Å². The van der Waals surface area contributed by atoms with Gasteiger partial charge in [-0.15, -0.1) is 0 Å². The van der Waals surface area contributed by atoms with E-state index in [-0.39, 0.29) is 6.04 Å². The van der Waals surface area contributed by atoms with Crippen LogP contribution in [0.1, 0.15) is 36.8 Å². The molecule has 1 unspecified atom stereocenters.